The van der Waals surface area contributed by atoms with Crippen LogP contribution in [0.5, 0.6) is 0 Å². The van der Waals surface area contributed by atoms with Gasteiger partial charge in [0.1, 0.15) is 12.4 Å². The van der Waals surface area contributed by atoms with Crippen LogP contribution in [0.15, 0.2) is 18.3 Å². The predicted molar refractivity (Wildman–Crippen MR) is 73.6 cm³/mol. The van der Waals surface area contributed by atoms with Crippen LogP contribution in [0.2, 0.25) is 0 Å². The molecule has 0 bridgehead atoms. The summed E-state index contributed by atoms with van der Waals surface area (Å²) < 4.78 is 27.5. The molecule has 0 aliphatic carbocycles. The van der Waals surface area contributed by atoms with Crippen molar-refractivity contribution >= 4 is 16.0 Å². The summed E-state index contributed by atoms with van der Waals surface area (Å²) in [6.45, 7) is 3.30. The van der Waals surface area contributed by atoms with Crippen molar-refractivity contribution in [2.75, 3.05) is 18.4 Å². The fourth-order valence-electron chi connectivity index (χ4n) is 1.19. The number of hydrogen-bond acceptors (Lipinski definition) is 4. The summed E-state index contributed by atoms with van der Waals surface area (Å²) in [5.41, 5.74) is 0.578. The summed E-state index contributed by atoms with van der Waals surface area (Å²) in [6.07, 6.45) is 1.45. The molecule has 0 unspecified atom stereocenters. The molecule has 2 N–H and O–H groups in total. The maximum absolute atomic E-state index is 12.0. The molecule has 0 atom stereocenters. The maximum Gasteiger partial charge on any atom is 0.302 e. The van der Waals surface area contributed by atoms with Crippen LogP contribution in [-0.4, -0.2) is 42.5 Å². The first-order chi connectivity index (χ1) is 8.86. The van der Waals surface area contributed by atoms with Crippen molar-refractivity contribution in [1.82, 2.24) is 9.29 Å². The van der Waals surface area contributed by atoms with Gasteiger partial charge in [-0.15, -0.1) is 0 Å². The lowest BCUT2D eigenvalue weighted by atomic mass is 10.2. The quantitative estimate of drug-likeness (QED) is 0.785. The summed E-state index contributed by atoms with van der Waals surface area (Å²) in [6, 6.07) is 2.98. The van der Waals surface area contributed by atoms with Crippen LogP contribution in [0.4, 0.5) is 5.82 Å². The van der Waals surface area contributed by atoms with E-state index < -0.39 is 10.2 Å². The predicted octanol–water partition coefficient (Wildman–Crippen LogP) is 0.422. The van der Waals surface area contributed by atoms with Crippen molar-refractivity contribution in [2.24, 2.45) is 0 Å². The molecule has 1 aromatic heterocycles. The van der Waals surface area contributed by atoms with Crippen molar-refractivity contribution in [3.63, 3.8) is 0 Å². The number of hydrogen-bond donors (Lipinski definition) is 2. The van der Waals surface area contributed by atoms with E-state index in [-0.39, 0.29) is 18.5 Å². The second kappa shape index (κ2) is 6.52. The average molecular weight is 283 g/mol. The van der Waals surface area contributed by atoms with E-state index in [2.05, 4.69) is 21.5 Å². The Morgan fingerprint density at radius 2 is 2.21 bits per heavy atom. The molecule has 6 nitrogen and oxygen atoms in total. The first-order valence-corrected chi connectivity index (χ1v) is 7.12. The van der Waals surface area contributed by atoms with Gasteiger partial charge in [0.15, 0.2) is 0 Å². The molecule has 19 heavy (non-hydrogen) atoms. The van der Waals surface area contributed by atoms with Gasteiger partial charge in [0.25, 0.3) is 0 Å². The van der Waals surface area contributed by atoms with Gasteiger partial charge in [0.2, 0.25) is 0 Å². The molecule has 0 amide bonds. The topological polar surface area (TPSA) is 82.5 Å². The van der Waals surface area contributed by atoms with E-state index in [1.165, 1.54) is 23.6 Å². The van der Waals surface area contributed by atoms with Crippen LogP contribution in [-0.2, 0) is 10.2 Å². The van der Waals surface area contributed by atoms with Crippen molar-refractivity contribution < 1.29 is 13.5 Å². The normalized spacial score (nSPS) is 11.3. The summed E-state index contributed by atoms with van der Waals surface area (Å²) in [5, 5.41) is 8.61. The van der Waals surface area contributed by atoms with Gasteiger partial charge in [0, 0.05) is 24.8 Å². The third-order valence-electron chi connectivity index (χ3n) is 2.41. The number of aliphatic hydroxyl groups excluding tert-OH is 1. The van der Waals surface area contributed by atoms with Crippen LogP contribution < -0.4 is 4.72 Å². The Labute approximate surface area is 113 Å². The summed E-state index contributed by atoms with van der Waals surface area (Å²) in [4.78, 5) is 3.93. The number of anilines is 1. The second-order valence-electron chi connectivity index (χ2n) is 4.11. The highest BCUT2D eigenvalue weighted by Crippen LogP contribution is 2.11. The standard InChI is InChI=1S/C12H17N3O3S/c1-10(2)15(3)19(17,18)14-12-9-11(5-4-8-16)6-7-13-12/h6-7,9-10,16H,8H2,1-3H3,(H,13,14). The van der Waals surface area contributed by atoms with Gasteiger partial charge in [-0.1, -0.05) is 11.8 Å². The fourth-order valence-corrected chi connectivity index (χ4v) is 2.26. The molecule has 104 valence electrons. The molecule has 0 saturated carbocycles. The zero-order chi connectivity index (χ0) is 14.5. The first kappa shape index (κ1) is 15.4. The fraction of sp³-hybridized carbons (Fsp3) is 0.417. The zero-order valence-corrected chi connectivity index (χ0v) is 11.9. The van der Waals surface area contributed by atoms with E-state index in [1.807, 2.05) is 0 Å². The minimum absolute atomic E-state index is 0.158. The molecule has 0 radical (unpaired) electrons. The van der Waals surface area contributed by atoms with Crippen LogP contribution in [0, 0.1) is 11.8 Å². The van der Waals surface area contributed by atoms with Crippen molar-refractivity contribution in [1.29, 1.82) is 0 Å². The Morgan fingerprint density at radius 1 is 1.53 bits per heavy atom. The lowest BCUT2D eigenvalue weighted by molar-refractivity contribution is 0.350. The highest BCUT2D eigenvalue weighted by molar-refractivity contribution is 7.90. The third kappa shape index (κ3) is 4.52. The molecular weight excluding hydrogens is 266 g/mol. The van der Waals surface area contributed by atoms with E-state index in [0.717, 1.165) is 0 Å². The van der Waals surface area contributed by atoms with E-state index >= 15 is 0 Å². The van der Waals surface area contributed by atoms with Crippen molar-refractivity contribution in [3.8, 4) is 11.8 Å². The Morgan fingerprint density at radius 3 is 2.79 bits per heavy atom. The van der Waals surface area contributed by atoms with Gasteiger partial charge < -0.3 is 5.11 Å². The number of pyridine rings is 1. The van der Waals surface area contributed by atoms with E-state index in [4.69, 9.17) is 5.11 Å². The summed E-state index contributed by atoms with van der Waals surface area (Å²) >= 11 is 0. The van der Waals surface area contributed by atoms with Gasteiger partial charge in [-0.3, -0.25) is 4.72 Å². The molecule has 0 fully saturated rings. The Hall–Kier alpha value is -1.62. The minimum atomic E-state index is -3.63. The number of aliphatic hydroxyl groups is 1. The Kier molecular flexibility index (Phi) is 5.30. The molecule has 0 aromatic carbocycles. The highest BCUT2D eigenvalue weighted by atomic mass is 32.2. The molecule has 1 aromatic rings. The SMILES string of the molecule is CC(C)N(C)S(=O)(=O)Nc1cc(C#CCO)ccn1. The lowest BCUT2D eigenvalue weighted by Crippen LogP contribution is -2.37. The van der Waals surface area contributed by atoms with Crippen molar-refractivity contribution in [2.45, 2.75) is 19.9 Å². The smallest absolute Gasteiger partial charge is 0.302 e. The number of rotatable bonds is 4. The number of aromatic nitrogens is 1. The van der Waals surface area contributed by atoms with Crippen molar-refractivity contribution in [3.05, 3.63) is 23.9 Å². The van der Waals surface area contributed by atoms with Crippen LogP contribution in [0.1, 0.15) is 19.4 Å². The van der Waals surface area contributed by atoms with E-state index in [0.29, 0.717) is 5.56 Å². The van der Waals surface area contributed by atoms with Gasteiger partial charge in [-0.05, 0) is 26.0 Å². The Balaban J connectivity index is 2.94. The average Bonchev–Trinajstić information content (AvgIpc) is 2.35. The lowest BCUT2D eigenvalue weighted by Gasteiger charge is -2.21. The molecule has 7 heteroatoms. The molecule has 0 aliphatic rings. The van der Waals surface area contributed by atoms with Gasteiger partial charge in [-0.25, -0.2) is 4.98 Å². The number of nitrogens with zero attached hydrogens (tertiary/aromatic N) is 2. The molecular formula is C12H17N3O3S. The molecule has 0 aliphatic heterocycles. The maximum atomic E-state index is 12.0. The third-order valence-corrected chi connectivity index (χ3v) is 4.06. The van der Waals surface area contributed by atoms with E-state index in [1.54, 1.807) is 19.9 Å². The Bertz CT molecular complexity index is 588. The minimum Gasteiger partial charge on any atom is -0.384 e. The van der Waals surface area contributed by atoms with Crippen LogP contribution in [0.3, 0.4) is 0 Å². The zero-order valence-electron chi connectivity index (χ0n) is 11.1. The van der Waals surface area contributed by atoms with Gasteiger partial charge in [0.05, 0.1) is 0 Å². The number of nitrogens with one attached hydrogen (secondary N) is 1. The first-order valence-electron chi connectivity index (χ1n) is 5.68. The summed E-state index contributed by atoms with van der Waals surface area (Å²) in [7, 11) is -2.14. The monoisotopic (exact) mass is 283 g/mol. The summed E-state index contributed by atoms with van der Waals surface area (Å²) in [5.74, 6) is 5.36. The van der Waals surface area contributed by atoms with Crippen LogP contribution in [0.25, 0.3) is 0 Å². The van der Waals surface area contributed by atoms with Crippen LogP contribution >= 0.6 is 0 Å². The van der Waals surface area contributed by atoms with Gasteiger partial charge >= 0.3 is 10.2 Å². The molecule has 1 heterocycles. The molecule has 0 saturated heterocycles. The highest BCUT2D eigenvalue weighted by Gasteiger charge is 2.20. The molecule has 0 spiro atoms. The largest absolute Gasteiger partial charge is 0.384 e. The molecule has 1 rings (SSSR count). The van der Waals surface area contributed by atoms with E-state index in [9.17, 15) is 8.42 Å². The van der Waals surface area contributed by atoms with Gasteiger partial charge in [-0.2, -0.15) is 12.7 Å². The second-order valence-corrected chi connectivity index (χ2v) is 5.84.